The van der Waals surface area contributed by atoms with Crippen molar-refractivity contribution in [2.75, 3.05) is 0 Å². The fourth-order valence-electron chi connectivity index (χ4n) is 2.24. The van der Waals surface area contributed by atoms with E-state index in [0.717, 1.165) is 22.3 Å². The summed E-state index contributed by atoms with van der Waals surface area (Å²) in [5.41, 5.74) is -0.823. The number of hydroxylamine groups is 2. The van der Waals surface area contributed by atoms with E-state index in [-0.39, 0.29) is 0 Å². The number of nitrogens with zero attached hydrogens (tertiary/aromatic N) is 4. The highest BCUT2D eigenvalue weighted by Gasteiger charge is 2.38. The number of azo groups is 1. The minimum atomic E-state index is -0.412. The Bertz CT molecular complexity index is 419. The van der Waals surface area contributed by atoms with E-state index >= 15 is 0 Å². The zero-order valence-electron chi connectivity index (χ0n) is 11.4. The molecule has 0 bridgehead atoms. The van der Waals surface area contributed by atoms with E-state index in [1.807, 2.05) is 27.7 Å². The van der Waals surface area contributed by atoms with Gasteiger partial charge in [0.1, 0.15) is 11.1 Å². The highest BCUT2D eigenvalue weighted by molar-refractivity contribution is 5.84. The maximum atomic E-state index is 11.9. The Hall–Kier alpha value is -1.46. The summed E-state index contributed by atoms with van der Waals surface area (Å²) in [5, 5.41) is 31.7. The van der Waals surface area contributed by atoms with E-state index in [0.29, 0.717) is 24.5 Å². The summed E-state index contributed by atoms with van der Waals surface area (Å²) in [6.07, 6.45) is 2.78. The van der Waals surface area contributed by atoms with Gasteiger partial charge in [-0.3, -0.25) is 9.48 Å². The van der Waals surface area contributed by atoms with Gasteiger partial charge in [-0.05, 0) is 27.7 Å². The summed E-state index contributed by atoms with van der Waals surface area (Å²) in [6, 6.07) is 0. The van der Waals surface area contributed by atoms with Crippen molar-refractivity contribution >= 4 is 11.7 Å². The molecule has 6 heteroatoms. The number of rotatable bonds is 0. The van der Waals surface area contributed by atoms with Crippen molar-refractivity contribution < 1.29 is 9.48 Å². The summed E-state index contributed by atoms with van der Waals surface area (Å²) in [4.78, 5) is 0. The van der Waals surface area contributed by atoms with E-state index < -0.39 is 11.1 Å². The van der Waals surface area contributed by atoms with Gasteiger partial charge in [0.25, 0.3) is 0 Å². The highest BCUT2D eigenvalue weighted by atomic mass is 16.5. The Labute approximate surface area is 107 Å². The van der Waals surface area contributed by atoms with Gasteiger partial charge in [-0.15, -0.1) is 0 Å². The molecule has 100 valence electrons. The zero-order valence-corrected chi connectivity index (χ0v) is 11.4. The van der Waals surface area contributed by atoms with Crippen LogP contribution in [0.5, 0.6) is 0 Å². The largest absolute Gasteiger partial charge is 0.715 e. The van der Waals surface area contributed by atoms with Crippen molar-refractivity contribution in [3.8, 4) is 0 Å². The lowest BCUT2D eigenvalue weighted by Gasteiger charge is -2.22. The van der Waals surface area contributed by atoms with E-state index in [1.54, 1.807) is 0 Å². The molecule has 2 heterocycles. The zero-order chi connectivity index (χ0) is 13.6. The molecule has 0 aromatic rings. The van der Waals surface area contributed by atoms with Crippen LogP contribution in [0.25, 0.3) is 0 Å². The Kier molecular flexibility index (Phi) is 2.91. The summed E-state index contributed by atoms with van der Waals surface area (Å²) < 4.78 is 1.82. The van der Waals surface area contributed by atoms with Gasteiger partial charge >= 0.3 is 11.7 Å². The quantitative estimate of drug-likeness (QED) is 0.377. The van der Waals surface area contributed by atoms with Crippen LogP contribution in [0.4, 0.5) is 0 Å². The molecule has 0 radical (unpaired) electrons. The number of hydrogen-bond donors (Lipinski definition) is 0. The van der Waals surface area contributed by atoms with Crippen LogP contribution in [-0.4, -0.2) is 32.2 Å². The normalized spacial score (nSPS) is 26.7. The second kappa shape index (κ2) is 4.03. The molecule has 0 aromatic carbocycles. The van der Waals surface area contributed by atoms with Crippen molar-refractivity contribution in [2.45, 2.75) is 64.5 Å². The van der Waals surface area contributed by atoms with Crippen molar-refractivity contribution in [3.05, 3.63) is 10.4 Å². The van der Waals surface area contributed by atoms with E-state index in [4.69, 9.17) is 0 Å². The van der Waals surface area contributed by atoms with Gasteiger partial charge in [-0.2, -0.15) is 0 Å². The molecular weight excluding hydrogens is 232 g/mol. The average molecular weight is 252 g/mol. The van der Waals surface area contributed by atoms with Crippen LogP contribution in [0.2, 0.25) is 0 Å². The van der Waals surface area contributed by atoms with Crippen LogP contribution in [0.1, 0.15) is 53.4 Å². The summed E-state index contributed by atoms with van der Waals surface area (Å²) in [5.74, 6) is 0.844. The van der Waals surface area contributed by atoms with Gasteiger partial charge in [0, 0.05) is 12.8 Å². The van der Waals surface area contributed by atoms with Gasteiger partial charge in [-0.25, -0.2) is 0 Å². The molecule has 6 nitrogen and oxygen atoms in total. The molecule has 0 aliphatic carbocycles. The fourth-order valence-corrected chi connectivity index (χ4v) is 2.24. The van der Waals surface area contributed by atoms with Crippen molar-refractivity contribution in [3.63, 3.8) is 0 Å². The standard InChI is InChI=1S/C12H20N4O2/c1-11(2)7-5-9(15(11)17)13-14-10-6-8-12(3,4)16(10)18/h5-8H2,1-4H3. The van der Waals surface area contributed by atoms with Crippen molar-refractivity contribution in [1.29, 1.82) is 0 Å². The van der Waals surface area contributed by atoms with Crippen LogP contribution in [-0.2, 0) is 0 Å². The first-order valence-electron chi connectivity index (χ1n) is 6.32. The van der Waals surface area contributed by atoms with Crippen LogP contribution in [0.15, 0.2) is 10.2 Å². The third-order valence-corrected chi connectivity index (χ3v) is 3.77. The minimum Gasteiger partial charge on any atom is -0.715 e. The lowest BCUT2D eigenvalue weighted by atomic mass is 10.0. The minimum absolute atomic E-state index is 0.412. The van der Waals surface area contributed by atoms with Crippen LogP contribution in [0, 0.1) is 10.4 Å². The van der Waals surface area contributed by atoms with Gasteiger partial charge in [0.05, 0.1) is 12.8 Å². The molecule has 0 N–H and O–H groups in total. The Morgan fingerprint density at radius 3 is 1.39 bits per heavy atom. The monoisotopic (exact) mass is 252 g/mol. The first-order valence-corrected chi connectivity index (χ1v) is 6.32. The predicted octanol–water partition coefficient (Wildman–Crippen LogP) is 2.40. The van der Waals surface area contributed by atoms with Crippen molar-refractivity contribution in [2.24, 2.45) is 10.2 Å². The lowest BCUT2D eigenvalue weighted by molar-refractivity contribution is -0.533. The van der Waals surface area contributed by atoms with Gasteiger partial charge in [0.2, 0.25) is 0 Å². The summed E-state index contributed by atoms with van der Waals surface area (Å²) >= 11 is 0. The SMILES string of the molecule is CC1(C)CCC(N=NC2=[N+]([O-])C(C)(C)CC2)=[N+]1[O-]. The fraction of sp³-hybridized carbons (Fsp3) is 0.833. The molecule has 0 saturated carbocycles. The molecule has 0 amide bonds. The molecule has 2 aliphatic heterocycles. The summed E-state index contributed by atoms with van der Waals surface area (Å²) in [7, 11) is 0. The molecule has 0 spiro atoms. The summed E-state index contributed by atoms with van der Waals surface area (Å²) in [6.45, 7) is 7.53. The van der Waals surface area contributed by atoms with Gasteiger partial charge < -0.3 is 10.4 Å². The second-order valence-corrected chi connectivity index (χ2v) is 6.25. The third-order valence-electron chi connectivity index (χ3n) is 3.77. The van der Waals surface area contributed by atoms with Gasteiger partial charge in [0.15, 0.2) is 10.2 Å². The third kappa shape index (κ3) is 2.11. The number of hydrogen-bond acceptors (Lipinski definition) is 4. The maximum absolute atomic E-state index is 11.9. The van der Waals surface area contributed by atoms with E-state index in [1.165, 1.54) is 0 Å². The van der Waals surface area contributed by atoms with E-state index in [9.17, 15) is 10.4 Å². The molecule has 0 atom stereocenters. The molecule has 0 fully saturated rings. The Morgan fingerprint density at radius 2 is 1.17 bits per heavy atom. The van der Waals surface area contributed by atoms with Crippen LogP contribution >= 0.6 is 0 Å². The first kappa shape index (κ1) is 13.0. The van der Waals surface area contributed by atoms with Crippen LogP contribution in [0.3, 0.4) is 0 Å². The smallest absolute Gasteiger partial charge is 0.351 e. The second-order valence-electron chi connectivity index (χ2n) is 6.25. The lowest BCUT2D eigenvalue weighted by Crippen LogP contribution is -2.29. The number of amidine groups is 2. The first-order chi connectivity index (χ1) is 8.24. The van der Waals surface area contributed by atoms with E-state index in [2.05, 4.69) is 10.2 Å². The molecule has 2 rings (SSSR count). The molecule has 2 aliphatic rings. The Balaban J connectivity index is 2.20. The van der Waals surface area contributed by atoms with Crippen LogP contribution < -0.4 is 0 Å². The van der Waals surface area contributed by atoms with Gasteiger partial charge in [-0.1, -0.05) is 0 Å². The molecule has 0 aromatic heterocycles. The molecule has 0 saturated heterocycles. The topological polar surface area (TPSA) is 76.9 Å². The predicted molar refractivity (Wildman–Crippen MR) is 68.8 cm³/mol. The Morgan fingerprint density at radius 1 is 0.833 bits per heavy atom. The highest BCUT2D eigenvalue weighted by Crippen LogP contribution is 2.26. The molecular formula is C12H20N4O2. The molecule has 18 heavy (non-hydrogen) atoms. The average Bonchev–Trinajstić information content (AvgIpc) is 2.68. The van der Waals surface area contributed by atoms with Crippen molar-refractivity contribution in [1.82, 2.24) is 0 Å². The molecule has 0 unspecified atom stereocenters. The maximum Gasteiger partial charge on any atom is 0.351 e.